The summed E-state index contributed by atoms with van der Waals surface area (Å²) in [5.74, 6) is 0.698. The molecule has 0 aliphatic heterocycles. The zero-order valence-corrected chi connectivity index (χ0v) is 15.6. The van der Waals surface area contributed by atoms with Gasteiger partial charge in [0.25, 0.3) is 5.91 Å². The number of nitriles is 1. The summed E-state index contributed by atoms with van der Waals surface area (Å²) in [5.41, 5.74) is 3.33. The highest BCUT2D eigenvalue weighted by atomic mass is 16.5. The largest absolute Gasteiger partial charge is 0.496 e. The summed E-state index contributed by atoms with van der Waals surface area (Å²) < 4.78 is 5.48. The summed E-state index contributed by atoms with van der Waals surface area (Å²) in [4.78, 5) is 21.3. The van der Waals surface area contributed by atoms with E-state index < -0.39 is 0 Å². The fourth-order valence-corrected chi connectivity index (χ4v) is 3.01. The van der Waals surface area contributed by atoms with Crippen LogP contribution in [-0.2, 0) is 0 Å². The molecule has 4 aromatic rings. The third-order valence-electron chi connectivity index (χ3n) is 4.49. The standard InChI is InChI=1S/C23H16N4O2/c1-29-20-13-18(8-10-19(20)16-6-4-15(14-24)5-7-16)23(28)27-21-11-9-17-3-2-12-25-22(17)26-21/h2-13H,1H3,(H,25,26,27,28). The molecule has 4 rings (SSSR count). The smallest absolute Gasteiger partial charge is 0.256 e. The Kier molecular flexibility index (Phi) is 4.87. The second-order valence-electron chi connectivity index (χ2n) is 6.30. The van der Waals surface area contributed by atoms with E-state index in [4.69, 9.17) is 10.00 Å². The summed E-state index contributed by atoms with van der Waals surface area (Å²) in [5, 5.41) is 12.6. The minimum atomic E-state index is -0.294. The van der Waals surface area contributed by atoms with Crippen molar-refractivity contribution in [3.8, 4) is 22.9 Å². The van der Waals surface area contributed by atoms with E-state index in [1.165, 1.54) is 0 Å². The molecule has 6 nitrogen and oxygen atoms in total. The van der Waals surface area contributed by atoms with Crippen LogP contribution in [0.2, 0.25) is 0 Å². The third-order valence-corrected chi connectivity index (χ3v) is 4.49. The molecule has 1 amide bonds. The van der Waals surface area contributed by atoms with Gasteiger partial charge in [0.1, 0.15) is 11.6 Å². The molecule has 0 unspecified atom stereocenters. The van der Waals surface area contributed by atoms with E-state index in [0.29, 0.717) is 28.3 Å². The first-order valence-corrected chi connectivity index (χ1v) is 8.89. The Labute approximate surface area is 167 Å². The van der Waals surface area contributed by atoms with Crippen LogP contribution in [0.25, 0.3) is 22.2 Å². The molecule has 0 atom stereocenters. The maximum atomic E-state index is 12.7. The Balaban J connectivity index is 1.60. The van der Waals surface area contributed by atoms with Crippen molar-refractivity contribution in [1.82, 2.24) is 9.97 Å². The zero-order chi connectivity index (χ0) is 20.2. The van der Waals surface area contributed by atoms with Crippen molar-refractivity contribution in [2.75, 3.05) is 12.4 Å². The number of ether oxygens (including phenoxy) is 1. The molecule has 0 saturated heterocycles. The lowest BCUT2D eigenvalue weighted by molar-refractivity contribution is 0.102. The third kappa shape index (κ3) is 3.75. The molecule has 0 aliphatic carbocycles. The van der Waals surface area contributed by atoms with E-state index in [0.717, 1.165) is 16.5 Å². The van der Waals surface area contributed by atoms with Gasteiger partial charge in [-0.1, -0.05) is 12.1 Å². The van der Waals surface area contributed by atoms with Gasteiger partial charge in [0.05, 0.1) is 18.7 Å². The first-order valence-electron chi connectivity index (χ1n) is 8.89. The van der Waals surface area contributed by atoms with Gasteiger partial charge in [-0.05, 0) is 60.2 Å². The van der Waals surface area contributed by atoms with Crippen LogP contribution in [0.1, 0.15) is 15.9 Å². The summed E-state index contributed by atoms with van der Waals surface area (Å²) in [6.07, 6.45) is 1.66. The van der Waals surface area contributed by atoms with Gasteiger partial charge >= 0.3 is 0 Å². The minimum Gasteiger partial charge on any atom is -0.496 e. The maximum absolute atomic E-state index is 12.7. The monoisotopic (exact) mass is 380 g/mol. The second kappa shape index (κ2) is 7.79. The molecule has 0 bridgehead atoms. The van der Waals surface area contributed by atoms with E-state index in [1.807, 2.05) is 36.4 Å². The Bertz CT molecular complexity index is 1240. The van der Waals surface area contributed by atoms with E-state index in [-0.39, 0.29) is 5.91 Å². The Morgan fingerprint density at radius 3 is 2.66 bits per heavy atom. The number of nitrogens with zero attached hydrogens (tertiary/aromatic N) is 3. The molecule has 29 heavy (non-hydrogen) atoms. The van der Waals surface area contributed by atoms with Crippen LogP contribution >= 0.6 is 0 Å². The van der Waals surface area contributed by atoms with E-state index in [1.54, 1.807) is 43.6 Å². The number of nitrogens with one attached hydrogen (secondary N) is 1. The molecule has 6 heteroatoms. The van der Waals surface area contributed by atoms with Gasteiger partial charge in [-0.3, -0.25) is 4.79 Å². The van der Waals surface area contributed by atoms with Crippen molar-refractivity contribution >= 4 is 22.8 Å². The molecule has 2 aromatic carbocycles. The van der Waals surface area contributed by atoms with E-state index >= 15 is 0 Å². The van der Waals surface area contributed by atoms with Crippen LogP contribution in [0, 0.1) is 11.3 Å². The summed E-state index contributed by atoms with van der Waals surface area (Å²) in [7, 11) is 1.56. The molecule has 2 heterocycles. The first kappa shape index (κ1) is 18.1. The molecule has 0 fully saturated rings. The number of pyridine rings is 2. The highest BCUT2D eigenvalue weighted by molar-refractivity contribution is 6.04. The first-order chi connectivity index (χ1) is 14.2. The Hall–Kier alpha value is -4.24. The number of anilines is 1. The molecule has 140 valence electrons. The molecule has 0 saturated carbocycles. The van der Waals surface area contributed by atoms with Crippen molar-refractivity contribution in [2.45, 2.75) is 0 Å². The molecular weight excluding hydrogens is 364 g/mol. The van der Waals surface area contributed by atoms with Gasteiger partial charge in [0, 0.05) is 22.7 Å². The van der Waals surface area contributed by atoms with Gasteiger partial charge in [-0.15, -0.1) is 0 Å². The molecule has 1 N–H and O–H groups in total. The lowest BCUT2D eigenvalue weighted by atomic mass is 10.0. The summed E-state index contributed by atoms with van der Waals surface area (Å²) in [6, 6.07) is 21.9. The van der Waals surface area contributed by atoms with Crippen molar-refractivity contribution < 1.29 is 9.53 Å². The number of hydrogen-bond donors (Lipinski definition) is 1. The number of amides is 1. The number of rotatable bonds is 4. The van der Waals surface area contributed by atoms with Gasteiger partial charge < -0.3 is 10.1 Å². The molecule has 2 aromatic heterocycles. The average Bonchev–Trinajstić information content (AvgIpc) is 2.78. The SMILES string of the molecule is COc1cc(C(=O)Nc2ccc3cccnc3n2)ccc1-c1ccc(C#N)cc1. The lowest BCUT2D eigenvalue weighted by Gasteiger charge is -2.11. The van der Waals surface area contributed by atoms with Crippen LogP contribution < -0.4 is 10.1 Å². The number of aromatic nitrogens is 2. The van der Waals surface area contributed by atoms with Crippen LogP contribution in [0.5, 0.6) is 5.75 Å². The summed E-state index contributed by atoms with van der Waals surface area (Å²) in [6.45, 7) is 0. The van der Waals surface area contributed by atoms with Crippen LogP contribution in [-0.4, -0.2) is 23.0 Å². The number of methoxy groups -OCH3 is 1. The number of carbonyl (C=O) groups excluding carboxylic acids is 1. The van der Waals surface area contributed by atoms with Crippen LogP contribution in [0.15, 0.2) is 72.9 Å². The second-order valence-corrected chi connectivity index (χ2v) is 6.30. The fraction of sp³-hybridized carbons (Fsp3) is 0.0435. The van der Waals surface area contributed by atoms with Crippen LogP contribution in [0.3, 0.4) is 0 Å². The maximum Gasteiger partial charge on any atom is 0.256 e. The van der Waals surface area contributed by atoms with Gasteiger partial charge in [-0.25, -0.2) is 9.97 Å². The predicted molar refractivity (Wildman–Crippen MR) is 111 cm³/mol. The molecular formula is C23H16N4O2. The fourth-order valence-electron chi connectivity index (χ4n) is 3.01. The topological polar surface area (TPSA) is 87.9 Å². The van der Waals surface area contributed by atoms with Gasteiger partial charge in [0.2, 0.25) is 0 Å². The lowest BCUT2D eigenvalue weighted by Crippen LogP contribution is -2.13. The number of carbonyl (C=O) groups is 1. The van der Waals surface area contributed by atoms with Gasteiger partial charge in [-0.2, -0.15) is 5.26 Å². The molecule has 0 spiro atoms. The predicted octanol–water partition coefficient (Wildman–Crippen LogP) is 4.43. The highest BCUT2D eigenvalue weighted by Gasteiger charge is 2.13. The average molecular weight is 380 g/mol. The number of fused-ring (bicyclic) bond motifs is 1. The summed E-state index contributed by atoms with van der Waals surface area (Å²) >= 11 is 0. The van der Waals surface area contributed by atoms with Gasteiger partial charge in [0.15, 0.2) is 5.65 Å². The quantitative estimate of drug-likeness (QED) is 0.566. The van der Waals surface area contributed by atoms with Crippen LogP contribution in [0.4, 0.5) is 5.82 Å². The van der Waals surface area contributed by atoms with Crippen molar-refractivity contribution in [2.24, 2.45) is 0 Å². The highest BCUT2D eigenvalue weighted by Crippen LogP contribution is 2.31. The van der Waals surface area contributed by atoms with Crippen molar-refractivity contribution in [3.63, 3.8) is 0 Å². The van der Waals surface area contributed by atoms with Crippen molar-refractivity contribution in [1.29, 1.82) is 5.26 Å². The molecule has 0 radical (unpaired) electrons. The normalized spacial score (nSPS) is 10.3. The molecule has 0 aliphatic rings. The minimum absolute atomic E-state index is 0.294. The van der Waals surface area contributed by atoms with E-state index in [9.17, 15) is 4.79 Å². The zero-order valence-electron chi connectivity index (χ0n) is 15.6. The number of hydrogen-bond acceptors (Lipinski definition) is 5. The van der Waals surface area contributed by atoms with E-state index in [2.05, 4.69) is 21.4 Å². The number of benzene rings is 2. The Morgan fingerprint density at radius 1 is 1.07 bits per heavy atom. The Morgan fingerprint density at radius 2 is 1.90 bits per heavy atom. The van der Waals surface area contributed by atoms with Crippen molar-refractivity contribution in [3.05, 3.63) is 84.1 Å².